The summed E-state index contributed by atoms with van der Waals surface area (Å²) >= 11 is 0. The van der Waals surface area contributed by atoms with E-state index in [0.29, 0.717) is 0 Å². The largest absolute Gasteiger partial charge is 0.299 e. The van der Waals surface area contributed by atoms with Gasteiger partial charge in [-0.25, -0.2) is 4.68 Å². The van der Waals surface area contributed by atoms with Crippen LogP contribution in [0, 0.1) is 0 Å². The molecule has 2 heterocycles. The van der Waals surface area contributed by atoms with Crippen molar-refractivity contribution < 1.29 is 0 Å². The van der Waals surface area contributed by atoms with Gasteiger partial charge < -0.3 is 0 Å². The molecule has 3 rings (SSSR count). The van der Waals surface area contributed by atoms with Gasteiger partial charge in [0.25, 0.3) is 0 Å². The lowest BCUT2D eigenvalue weighted by atomic mass is 10.1. The van der Waals surface area contributed by atoms with E-state index in [9.17, 15) is 0 Å². The highest BCUT2D eigenvalue weighted by Crippen LogP contribution is 2.24. The number of hydrogen-bond donors (Lipinski definition) is 0. The van der Waals surface area contributed by atoms with Gasteiger partial charge in [-0.15, -0.1) is 0 Å². The van der Waals surface area contributed by atoms with Gasteiger partial charge in [0.2, 0.25) is 0 Å². The van der Waals surface area contributed by atoms with E-state index in [1.807, 2.05) is 10.7 Å². The lowest BCUT2D eigenvalue weighted by Crippen LogP contribution is -2.24. The molecule has 3 nitrogen and oxygen atoms in total. The van der Waals surface area contributed by atoms with Crippen molar-refractivity contribution in [2.75, 3.05) is 13.1 Å². The normalized spacial score (nSPS) is 16.3. The molecule has 1 saturated heterocycles. The van der Waals surface area contributed by atoms with Crippen LogP contribution in [0.3, 0.4) is 0 Å². The average Bonchev–Trinajstić information content (AvgIpc) is 2.96. The first kappa shape index (κ1) is 22.9. The highest BCUT2D eigenvalue weighted by Gasteiger charge is 2.17. The Labute approximate surface area is 177 Å². The van der Waals surface area contributed by atoms with Gasteiger partial charge in [0.1, 0.15) is 0 Å². The molecule has 1 aliphatic heterocycles. The van der Waals surface area contributed by atoms with Crippen LogP contribution in [0.4, 0.5) is 0 Å². The molecule has 1 aromatic heterocycles. The molecule has 0 bridgehead atoms. The quantitative estimate of drug-likeness (QED) is 0.483. The summed E-state index contributed by atoms with van der Waals surface area (Å²) < 4.78 is 2.03. The second-order valence-corrected chi connectivity index (χ2v) is 7.43. The van der Waals surface area contributed by atoms with Crippen molar-refractivity contribution in [2.45, 2.75) is 59.9 Å². The number of nitrogens with zero attached hydrogens (tertiary/aromatic N) is 3. The van der Waals surface area contributed by atoms with Gasteiger partial charge >= 0.3 is 0 Å². The number of allylic oxidation sites excluding steroid dienone is 6. The van der Waals surface area contributed by atoms with Crippen molar-refractivity contribution in [1.82, 2.24) is 14.7 Å². The zero-order valence-electron chi connectivity index (χ0n) is 17.3. The molecular weight excluding hydrogens is 354 g/mol. The Morgan fingerprint density at radius 3 is 2.45 bits per heavy atom. The Morgan fingerprint density at radius 2 is 1.79 bits per heavy atom. The zero-order chi connectivity index (χ0) is 19.6. The summed E-state index contributed by atoms with van der Waals surface area (Å²) in [5, 5.41) is 5.01. The molecule has 1 aliphatic rings. The van der Waals surface area contributed by atoms with Crippen molar-refractivity contribution in [2.24, 2.45) is 0 Å². The summed E-state index contributed by atoms with van der Waals surface area (Å²) in [7, 11) is 0. The smallest absolute Gasteiger partial charge is 0.0972 e. The van der Waals surface area contributed by atoms with Crippen molar-refractivity contribution >= 4 is 5.57 Å². The van der Waals surface area contributed by atoms with E-state index in [1.54, 1.807) is 0 Å². The lowest BCUT2D eigenvalue weighted by molar-refractivity contribution is 0.277. The number of likely N-dealkylation sites (tertiary alicyclic amines) is 1. The van der Waals surface area contributed by atoms with Gasteiger partial charge in [-0.05, 0) is 51.4 Å². The first-order valence-corrected chi connectivity index (χ1v) is 10.7. The van der Waals surface area contributed by atoms with Crippen LogP contribution in [-0.4, -0.2) is 27.8 Å². The molecule has 0 N–H and O–H groups in total. The number of hydrogen-bond acceptors (Lipinski definition) is 2. The molecule has 0 atom stereocenters. The maximum atomic E-state index is 5.01. The van der Waals surface area contributed by atoms with Gasteiger partial charge in [0.15, 0.2) is 0 Å². The predicted octanol–water partition coefficient (Wildman–Crippen LogP) is 6.81. The third-order valence-corrected chi connectivity index (χ3v) is 5.18. The minimum Gasteiger partial charge on any atom is -0.299 e. The van der Waals surface area contributed by atoms with E-state index >= 15 is 0 Å². The van der Waals surface area contributed by atoms with E-state index in [1.165, 1.54) is 49.9 Å². The monoisotopic (exact) mass is 391 g/mol. The van der Waals surface area contributed by atoms with E-state index in [0.717, 1.165) is 24.3 Å². The average molecular weight is 392 g/mol. The first-order chi connectivity index (χ1) is 13.8. The highest BCUT2D eigenvalue weighted by atomic mass is 15.3. The fraction of sp³-hybridized carbons (Fsp3) is 0.423. The molecule has 0 unspecified atom stereocenters. The second kappa shape index (κ2) is 12.2. The van der Waals surface area contributed by atoms with E-state index in [4.69, 9.17) is 5.10 Å². The Balaban J connectivity index is 0.00000300. The Hall–Kier alpha value is -2.39. The van der Waals surface area contributed by atoms with Crippen molar-refractivity contribution in [3.8, 4) is 5.69 Å². The van der Waals surface area contributed by atoms with Crippen molar-refractivity contribution in [1.29, 1.82) is 0 Å². The fourth-order valence-electron chi connectivity index (χ4n) is 3.67. The Bertz CT molecular complexity index is 804. The van der Waals surface area contributed by atoms with Crippen molar-refractivity contribution in [3.05, 3.63) is 78.2 Å². The lowest BCUT2D eigenvalue weighted by Gasteiger charge is -2.19. The molecule has 0 aliphatic carbocycles. The van der Waals surface area contributed by atoms with Crippen LogP contribution >= 0.6 is 0 Å². The summed E-state index contributed by atoms with van der Waals surface area (Å²) in [6, 6.07) is 10.4. The van der Waals surface area contributed by atoms with Crippen LogP contribution in [0.25, 0.3) is 11.3 Å². The summed E-state index contributed by atoms with van der Waals surface area (Å²) in [5.41, 5.74) is 4.69. The molecule has 0 saturated carbocycles. The molecule has 1 fully saturated rings. The minimum atomic E-state index is 0. The van der Waals surface area contributed by atoms with E-state index in [-0.39, 0.29) is 7.43 Å². The zero-order valence-corrected chi connectivity index (χ0v) is 17.3. The summed E-state index contributed by atoms with van der Waals surface area (Å²) in [4.78, 5) is 2.60. The van der Waals surface area contributed by atoms with Gasteiger partial charge in [0, 0.05) is 23.9 Å². The highest BCUT2D eigenvalue weighted by molar-refractivity contribution is 5.75. The van der Waals surface area contributed by atoms with E-state index < -0.39 is 0 Å². The topological polar surface area (TPSA) is 21.1 Å². The van der Waals surface area contributed by atoms with Crippen LogP contribution < -0.4 is 0 Å². The first-order valence-electron chi connectivity index (χ1n) is 10.7. The summed E-state index contributed by atoms with van der Waals surface area (Å²) in [6.45, 7) is 7.57. The van der Waals surface area contributed by atoms with Gasteiger partial charge in [-0.3, -0.25) is 4.90 Å². The Kier molecular flexibility index (Phi) is 9.66. The fourth-order valence-corrected chi connectivity index (χ4v) is 3.67. The molecule has 3 heteroatoms. The van der Waals surface area contributed by atoms with Crippen LogP contribution in [-0.2, 0) is 6.54 Å². The van der Waals surface area contributed by atoms with Gasteiger partial charge in [-0.1, -0.05) is 75.8 Å². The number of rotatable bonds is 7. The van der Waals surface area contributed by atoms with Gasteiger partial charge in [0.05, 0.1) is 11.4 Å². The third-order valence-electron chi connectivity index (χ3n) is 5.18. The van der Waals surface area contributed by atoms with E-state index in [2.05, 4.69) is 79.6 Å². The van der Waals surface area contributed by atoms with Crippen molar-refractivity contribution in [3.63, 3.8) is 0 Å². The molecular formula is C26H37N3. The van der Waals surface area contributed by atoms with Crippen LogP contribution in [0.5, 0.6) is 0 Å². The molecule has 0 amide bonds. The van der Waals surface area contributed by atoms with Crippen LogP contribution in [0.1, 0.15) is 64.6 Å². The van der Waals surface area contributed by atoms with Crippen LogP contribution in [0.15, 0.2) is 66.9 Å². The maximum absolute atomic E-state index is 5.01. The minimum absolute atomic E-state index is 0. The van der Waals surface area contributed by atoms with Gasteiger partial charge in [-0.2, -0.15) is 5.10 Å². The number of aromatic nitrogens is 2. The maximum Gasteiger partial charge on any atom is 0.0972 e. The predicted molar refractivity (Wildman–Crippen MR) is 126 cm³/mol. The van der Waals surface area contributed by atoms with Crippen LogP contribution in [0.2, 0.25) is 0 Å². The summed E-state index contributed by atoms with van der Waals surface area (Å²) in [5.74, 6) is 0. The molecule has 2 aromatic rings. The SMILES string of the molecule is C.C\C=C/C=C(\C=C/CC)c1nn(-c2ccccc2)cc1CN1CCCCCC1. The number of benzene rings is 1. The Morgan fingerprint density at radius 1 is 1.07 bits per heavy atom. The number of para-hydroxylation sites is 1. The molecule has 1 aromatic carbocycles. The third kappa shape index (κ3) is 6.57. The summed E-state index contributed by atoms with van der Waals surface area (Å²) in [6.07, 6.45) is 19.4. The molecule has 156 valence electrons. The molecule has 0 spiro atoms. The molecule has 0 radical (unpaired) electrons. The molecule has 29 heavy (non-hydrogen) atoms. The standard InChI is InChI=1S/C25H33N3.CH4/c1-3-5-14-22(15-6-4-2)25-23(20-27-18-12-7-8-13-19-27)21-28(26-25)24-16-10-9-11-17-24;/h3,5-6,9-11,14-17,21H,4,7-8,12-13,18-20H2,1-2H3;1H4/b5-3-,15-6-,22-14+;. The second-order valence-electron chi connectivity index (χ2n) is 7.43.